The highest BCUT2D eigenvalue weighted by molar-refractivity contribution is 7.09. The second-order valence-electron chi connectivity index (χ2n) is 5.90. The standard InChI is InChI=1S/C14H24N2OS/c1-13(2,14(3,4)15)12(17)16(5)9-8-11-7-6-10-18-11/h6-7,10H,8-9,15H2,1-5H3. The van der Waals surface area contributed by atoms with Gasteiger partial charge in [-0.1, -0.05) is 6.07 Å². The number of carbonyl (C=O) groups is 1. The molecule has 0 radical (unpaired) electrons. The summed E-state index contributed by atoms with van der Waals surface area (Å²) in [5.41, 5.74) is 5.01. The summed E-state index contributed by atoms with van der Waals surface area (Å²) in [5, 5.41) is 2.06. The average Bonchev–Trinajstić information content (AvgIpc) is 2.75. The van der Waals surface area contributed by atoms with Crippen LogP contribution in [0.1, 0.15) is 32.6 Å². The predicted molar refractivity (Wildman–Crippen MR) is 77.7 cm³/mol. The minimum atomic E-state index is -0.558. The molecule has 1 rings (SSSR count). The highest BCUT2D eigenvalue weighted by atomic mass is 32.1. The lowest BCUT2D eigenvalue weighted by Crippen LogP contribution is -2.56. The first-order valence-electron chi connectivity index (χ1n) is 6.23. The number of nitrogens with zero attached hydrogens (tertiary/aromatic N) is 1. The summed E-state index contributed by atoms with van der Waals surface area (Å²) in [6.07, 6.45) is 0.904. The molecule has 1 heterocycles. The third-order valence-electron chi connectivity index (χ3n) is 3.77. The van der Waals surface area contributed by atoms with Crippen LogP contribution in [0, 0.1) is 5.41 Å². The van der Waals surface area contributed by atoms with Crippen molar-refractivity contribution in [2.24, 2.45) is 11.1 Å². The van der Waals surface area contributed by atoms with E-state index in [1.54, 1.807) is 16.2 Å². The van der Waals surface area contributed by atoms with Crippen LogP contribution in [0.4, 0.5) is 0 Å². The van der Waals surface area contributed by atoms with Gasteiger partial charge in [0.2, 0.25) is 5.91 Å². The third kappa shape index (κ3) is 3.33. The van der Waals surface area contributed by atoms with Gasteiger partial charge in [-0.2, -0.15) is 0 Å². The van der Waals surface area contributed by atoms with Crippen molar-refractivity contribution in [2.45, 2.75) is 39.7 Å². The number of hydrogen-bond donors (Lipinski definition) is 1. The molecule has 0 bridgehead atoms. The highest BCUT2D eigenvalue weighted by Gasteiger charge is 2.41. The van der Waals surface area contributed by atoms with Crippen LogP contribution in [0.25, 0.3) is 0 Å². The lowest BCUT2D eigenvalue weighted by Gasteiger charge is -2.39. The quantitative estimate of drug-likeness (QED) is 0.892. The lowest BCUT2D eigenvalue weighted by atomic mass is 9.74. The third-order valence-corrected chi connectivity index (χ3v) is 4.70. The lowest BCUT2D eigenvalue weighted by molar-refractivity contribution is -0.142. The number of nitrogens with two attached hydrogens (primary N) is 1. The van der Waals surface area contributed by atoms with Crippen LogP contribution in [0.3, 0.4) is 0 Å². The Morgan fingerprint density at radius 3 is 2.44 bits per heavy atom. The number of rotatable bonds is 5. The molecule has 0 atom stereocenters. The van der Waals surface area contributed by atoms with E-state index in [1.807, 2.05) is 40.8 Å². The molecular formula is C14H24N2OS. The van der Waals surface area contributed by atoms with Crippen LogP contribution >= 0.6 is 11.3 Å². The average molecular weight is 268 g/mol. The van der Waals surface area contributed by atoms with Gasteiger partial charge in [0, 0.05) is 24.0 Å². The number of carbonyl (C=O) groups excluding carboxylic acids is 1. The SMILES string of the molecule is CN(CCc1cccs1)C(=O)C(C)(C)C(C)(C)N. The maximum absolute atomic E-state index is 12.4. The van der Waals surface area contributed by atoms with Crippen LogP contribution in [0.2, 0.25) is 0 Å². The van der Waals surface area contributed by atoms with Crippen LogP contribution in [0.15, 0.2) is 17.5 Å². The van der Waals surface area contributed by atoms with Crippen molar-refractivity contribution in [1.29, 1.82) is 0 Å². The zero-order valence-corrected chi connectivity index (χ0v) is 12.8. The number of likely N-dealkylation sites (N-methyl/N-ethyl adjacent to an activating group) is 1. The van der Waals surface area contributed by atoms with Gasteiger partial charge < -0.3 is 10.6 Å². The highest BCUT2D eigenvalue weighted by Crippen LogP contribution is 2.30. The molecule has 2 N–H and O–H groups in total. The van der Waals surface area contributed by atoms with E-state index in [0.29, 0.717) is 0 Å². The molecule has 3 nitrogen and oxygen atoms in total. The molecule has 0 aliphatic carbocycles. The van der Waals surface area contributed by atoms with E-state index < -0.39 is 11.0 Å². The summed E-state index contributed by atoms with van der Waals surface area (Å²) in [6.45, 7) is 8.36. The fraction of sp³-hybridized carbons (Fsp3) is 0.643. The second kappa shape index (κ2) is 5.41. The maximum atomic E-state index is 12.4. The fourth-order valence-electron chi connectivity index (χ4n) is 1.59. The Hall–Kier alpha value is -0.870. The van der Waals surface area contributed by atoms with Crippen molar-refractivity contribution in [3.8, 4) is 0 Å². The van der Waals surface area contributed by atoms with E-state index in [4.69, 9.17) is 5.73 Å². The van der Waals surface area contributed by atoms with E-state index in [0.717, 1.165) is 13.0 Å². The molecule has 0 saturated heterocycles. The predicted octanol–water partition coefficient (Wildman–Crippen LogP) is 2.51. The first-order valence-corrected chi connectivity index (χ1v) is 7.11. The summed E-state index contributed by atoms with van der Waals surface area (Å²) in [7, 11) is 1.85. The van der Waals surface area contributed by atoms with E-state index in [2.05, 4.69) is 11.4 Å². The maximum Gasteiger partial charge on any atom is 0.229 e. The van der Waals surface area contributed by atoms with Crippen LogP contribution in [0.5, 0.6) is 0 Å². The Morgan fingerprint density at radius 2 is 2.00 bits per heavy atom. The first-order chi connectivity index (χ1) is 8.16. The summed E-state index contributed by atoms with van der Waals surface area (Å²) in [6, 6.07) is 4.13. The van der Waals surface area contributed by atoms with Gasteiger partial charge in [-0.15, -0.1) is 11.3 Å². The molecule has 18 heavy (non-hydrogen) atoms. The van der Waals surface area contributed by atoms with Gasteiger partial charge in [-0.3, -0.25) is 4.79 Å². The number of hydrogen-bond acceptors (Lipinski definition) is 3. The molecule has 1 amide bonds. The molecule has 0 aromatic carbocycles. The van der Waals surface area contributed by atoms with Gasteiger partial charge in [-0.25, -0.2) is 0 Å². The Balaban J connectivity index is 2.61. The van der Waals surface area contributed by atoms with Crippen molar-refractivity contribution in [2.75, 3.05) is 13.6 Å². The van der Waals surface area contributed by atoms with Gasteiger partial charge in [0.05, 0.1) is 5.41 Å². The van der Waals surface area contributed by atoms with Crippen molar-refractivity contribution in [1.82, 2.24) is 4.90 Å². The van der Waals surface area contributed by atoms with Crippen molar-refractivity contribution in [3.63, 3.8) is 0 Å². The van der Waals surface area contributed by atoms with E-state index >= 15 is 0 Å². The summed E-state index contributed by atoms with van der Waals surface area (Å²) in [5.74, 6) is 0.103. The second-order valence-corrected chi connectivity index (χ2v) is 6.94. The molecule has 102 valence electrons. The molecule has 0 saturated carbocycles. The molecule has 0 spiro atoms. The van der Waals surface area contributed by atoms with Gasteiger partial charge in [0.15, 0.2) is 0 Å². The van der Waals surface area contributed by atoms with Crippen molar-refractivity contribution >= 4 is 17.2 Å². The number of amides is 1. The smallest absolute Gasteiger partial charge is 0.229 e. The molecule has 1 aromatic rings. The first kappa shape index (κ1) is 15.2. The van der Waals surface area contributed by atoms with Gasteiger partial charge in [0.25, 0.3) is 0 Å². The Bertz CT molecular complexity index is 390. The van der Waals surface area contributed by atoms with Crippen molar-refractivity contribution in [3.05, 3.63) is 22.4 Å². The van der Waals surface area contributed by atoms with E-state index in [1.165, 1.54) is 4.88 Å². The van der Waals surface area contributed by atoms with Crippen molar-refractivity contribution < 1.29 is 4.79 Å². The molecule has 0 aliphatic heterocycles. The Labute approximate surface area is 114 Å². The molecule has 4 heteroatoms. The van der Waals surface area contributed by atoms with E-state index in [-0.39, 0.29) is 5.91 Å². The zero-order valence-electron chi connectivity index (χ0n) is 12.0. The zero-order chi connectivity index (χ0) is 14.0. The normalized spacial score (nSPS) is 12.6. The molecule has 0 unspecified atom stereocenters. The largest absolute Gasteiger partial charge is 0.345 e. The monoisotopic (exact) mass is 268 g/mol. The molecule has 1 aromatic heterocycles. The molecule has 0 fully saturated rings. The Kier molecular flexibility index (Phi) is 4.56. The summed E-state index contributed by atoms with van der Waals surface area (Å²) < 4.78 is 0. The topological polar surface area (TPSA) is 46.3 Å². The molecule has 0 aliphatic rings. The Morgan fingerprint density at radius 1 is 1.39 bits per heavy atom. The van der Waals surface area contributed by atoms with Crippen LogP contribution in [-0.4, -0.2) is 29.9 Å². The van der Waals surface area contributed by atoms with Gasteiger partial charge >= 0.3 is 0 Å². The van der Waals surface area contributed by atoms with Gasteiger partial charge in [0.1, 0.15) is 0 Å². The fourth-order valence-corrected chi connectivity index (χ4v) is 2.29. The minimum Gasteiger partial charge on any atom is -0.345 e. The summed E-state index contributed by atoms with van der Waals surface area (Å²) >= 11 is 1.73. The molecular weight excluding hydrogens is 244 g/mol. The summed E-state index contributed by atoms with van der Waals surface area (Å²) in [4.78, 5) is 15.5. The van der Waals surface area contributed by atoms with Crippen LogP contribution in [-0.2, 0) is 11.2 Å². The van der Waals surface area contributed by atoms with E-state index in [9.17, 15) is 4.79 Å². The van der Waals surface area contributed by atoms with Gasteiger partial charge in [-0.05, 0) is 45.6 Å². The minimum absolute atomic E-state index is 0.103. The van der Waals surface area contributed by atoms with Crippen LogP contribution < -0.4 is 5.73 Å². The number of thiophene rings is 1.